The molecule has 2 amide bonds. The van der Waals surface area contributed by atoms with Crippen LogP contribution in [0.2, 0.25) is 0 Å². The Kier molecular flexibility index (Phi) is 9.21. The summed E-state index contributed by atoms with van der Waals surface area (Å²) in [6, 6.07) is 12.9. The molecule has 220 valence electrons. The van der Waals surface area contributed by atoms with Crippen LogP contribution in [-0.4, -0.2) is 29.4 Å². The summed E-state index contributed by atoms with van der Waals surface area (Å²) in [6.07, 6.45) is -1.38. The molecule has 0 aliphatic heterocycles. The van der Waals surface area contributed by atoms with Crippen molar-refractivity contribution in [3.05, 3.63) is 101 Å². The van der Waals surface area contributed by atoms with Crippen LogP contribution in [0.5, 0.6) is 5.75 Å². The SMILES string of the molecule is CC(C)(O)COc1cc(C(c2ccccc2)C(NC(=O)NC2CCCC2)c2cc(F)cc(C(F)(F)F)c2)ccc1F. The van der Waals surface area contributed by atoms with E-state index in [0.29, 0.717) is 17.2 Å². The topological polar surface area (TPSA) is 70.6 Å². The Labute approximate surface area is 235 Å². The number of hydrogen-bond acceptors (Lipinski definition) is 3. The Hall–Kier alpha value is -3.66. The summed E-state index contributed by atoms with van der Waals surface area (Å²) in [5, 5.41) is 15.7. The van der Waals surface area contributed by atoms with Crippen molar-refractivity contribution < 1.29 is 36.6 Å². The fraction of sp³-hybridized carbons (Fsp3) is 0.387. The number of benzene rings is 3. The van der Waals surface area contributed by atoms with Gasteiger partial charge in [0.25, 0.3) is 0 Å². The third-order valence-electron chi connectivity index (χ3n) is 6.97. The molecule has 1 aliphatic rings. The maximum absolute atomic E-state index is 14.7. The normalized spacial score (nSPS) is 15.8. The molecule has 3 N–H and O–H groups in total. The van der Waals surface area contributed by atoms with Gasteiger partial charge in [-0.25, -0.2) is 13.6 Å². The average molecular weight is 577 g/mol. The van der Waals surface area contributed by atoms with E-state index in [-0.39, 0.29) is 24.0 Å². The molecule has 10 heteroatoms. The number of ether oxygens (including phenoxy) is 1. The number of rotatable bonds is 9. The molecule has 1 saturated carbocycles. The van der Waals surface area contributed by atoms with Crippen LogP contribution in [-0.2, 0) is 6.18 Å². The largest absolute Gasteiger partial charge is 0.488 e. The minimum atomic E-state index is -4.83. The molecule has 0 radical (unpaired) electrons. The number of urea groups is 1. The van der Waals surface area contributed by atoms with E-state index in [0.717, 1.165) is 43.9 Å². The molecule has 5 nitrogen and oxygen atoms in total. The number of aliphatic hydroxyl groups is 1. The van der Waals surface area contributed by atoms with Gasteiger partial charge in [-0.2, -0.15) is 13.2 Å². The molecule has 1 aliphatic carbocycles. The number of carbonyl (C=O) groups excluding carboxylic acids is 1. The lowest BCUT2D eigenvalue weighted by Crippen LogP contribution is -2.44. The van der Waals surface area contributed by atoms with E-state index < -0.39 is 47.0 Å². The van der Waals surface area contributed by atoms with Crippen molar-refractivity contribution in [2.24, 2.45) is 0 Å². The molecule has 0 heterocycles. The van der Waals surface area contributed by atoms with Crippen LogP contribution in [0.25, 0.3) is 0 Å². The van der Waals surface area contributed by atoms with E-state index in [1.165, 1.54) is 26.0 Å². The monoisotopic (exact) mass is 576 g/mol. The molecular weight excluding hydrogens is 543 g/mol. The summed E-state index contributed by atoms with van der Waals surface area (Å²) in [5.41, 5.74) is -1.60. The van der Waals surface area contributed by atoms with Gasteiger partial charge in [-0.05, 0) is 73.7 Å². The number of halogens is 5. The van der Waals surface area contributed by atoms with E-state index in [2.05, 4.69) is 10.6 Å². The third kappa shape index (κ3) is 8.19. The number of carbonyl (C=O) groups is 1. The van der Waals surface area contributed by atoms with Crippen LogP contribution >= 0.6 is 0 Å². The zero-order valence-electron chi connectivity index (χ0n) is 22.8. The summed E-state index contributed by atoms with van der Waals surface area (Å²) in [5.74, 6) is -2.88. The Morgan fingerprint density at radius 2 is 1.63 bits per heavy atom. The molecule has 4 rings (SSSR count). The van der Waals surface area contributed by atoms with Gasteiger partial charge in [0.05, 0.1) is 17.2 Å². The molecule has 41 heavy (non-hydrogen) atoms. The molecule has 2 unspecified atom stereocenters. The molecular formula is C31H33F5N2O3. The Bertz CT molecular complexity index is 1340. The number of hydrogen-bond donors (Lipinski definition) is 3. The van der Waals surface area contributed by atoms with Crippen LogP contribution < -0.4 is 15.4 Å². The van der Waals surface area contributed by atoms with Gasteiger partial charge < -0.3 is 20.5 Å². The zero-order valence-corrected chi connectivity index (χ0v) is 22.8. The second-order valence-corrected chi connectivity index (χ2v) is 11.0. The van der Waals surface area contributed by atoms with Crippen LogP contribution in [0, 0.1) is 11.6 Å². The van der Waals surface area contributed by atoms with Gasteiger partial charge in [0.2, 0.25) is 0 Å². The summed E-state index contributed by atoms with van der Waals surface area (Å²) in [4.78, 5) is 13.2. The summed E-state index contributed by atoms with van der Waals surface area (Å²) < 4.78 is 76.1. The van der Waals surface area contributed by atoms with Crippen molar-refractivity contribution in [3.63, 3.8) is 0 Å². The van der Waals surface area contributed by atoms with Gasteiger partial charge in [0.15, 0.2) is 11.6 Å². The highest BCUT2D eigenvalue weighted by molar-refractivity contribution is 5.75. The first-order chi connectivity index (χ1) is 19.3. The highest BCUT2D eigenvalue weighted by atomic mass is 19.4. The average Bonchev–Trinajstić information content (AvgIpc) is 3.40. The predicted octanol–water partition coefficient (Wildman–Crippen LogP) is 7.25. The van der Waals surface area contributed by atoms with Crippen molar-refractivity contribution in [2.75, 3.05) is 6.61 Å². The minimum Gasteiger partial charge on any atom is -0.488 e. The second kappa shape index (κ2) is 12.5. The Balaban J connectivity index is 1.84. The van der Waals surface area contributed by atoms with Crippen LogP contribution in [0.15, 0.2) is 66.7 Å². The number of nitrogens with one attached hydrogen (secondary N) is 2. The van der Waals surface area contributed by atoms with Crippen molar-refractivity contribution in [2.45, 2.75) is 69.3 Å². The fourth-order valence-electron chi connectivity index (χ4n) is 5.07. The summed E-state index contributed by atoms with van der Waals surface area (Å²) in [6.45, 7) is 2.76. The first kappa shape index (κ1) is 30.3. The van der Waals surface area contributed by atoms with Gasteiger partial charge in [-0.1, -0.05) is 49.2 Å². The van der Waals surface area contributed by atoms with Crippen molar-refractivity contribution >= 4 is 6.03 Å². The number of amides is 2. The zero-order chi connectivity index (χ0) is 29.8. The van der Waals surface area contributed by atoms with E-state index in [9.17, 15) is 31.9 Å². The molecule has 0 saturated heterocycles. The van der Waals surface area contributed by atoms with Crippen molar-refractivity contribution in [3.8, 4) is 5.75 Å². The predicted molar refractivity (Wildman–Crippen MR) is 145 cm³/mol. The van der Waals surface area contributed by atoms with Gasteiger partial charge in [0, 0.05) is 12.0 Å². The van der Waals surface area contributed by atoms with E-state index in [1.807, 2.05) is 0 Å². The van der Waals surface area contributed by atoms with Crippen LogP contribution in [0.4, 0.5) is 26.7 Å². The van der Waals surface area contributed by atoms with E-state index in [1.54, 1.807) is 30.3 Å². The standard InChI is InChI=1S/C31H33F5N2O3/c1-30(2,40)18-41-26-16-20(12-13-25(26)33)27(19-8-4-3-5-9-19)28(38-29(39)37-24-10-6-7-11-24)21-14-22(31(34,35)36)17-23(32)15-21/h3-5,8-9,12-17,24,27-28,40H,6-7,10-11,18H2,1-2H3,(H2,37,38,39). The molecule has 0 aromatic heterocycles. The molecule has 0 bridgehead atoms. The van der Waals surface area contributed by atoms with Crippen LogP contribution in [0.3, 0.4) is 0 Å². The van der Waals surface area contributed by atoms with E-state index in [4.69, 9.17) is 4.74 Å². The first-order valence-electron chi connectivity index (χ1n) is 13.4. The molecule has 1 fully saturated rings. The third-order valence-corrected chi connectivity index (χ3v) is 6.97. The van der Waals surface area contributed by atoms with Crippen molar-refractivity contribution in [1.82, 2.24) is 10.6 Å². The minimum absolute atomic E-state index is 0.0864. The summed E-state index contributed by atoms with van der Waals surface area (Å²) in [7, 11) is 0. The second-order valence-electron chi connectivity index (χ2n) is 11.0. The lowest BCUT2D eigenvalue weighted by Gasteiger charge is -2.31. The van der Waals surface area contributed by atoms with E-state index >= 15 is 0 Å². The fourth-order valence-corrected chi connectivity index (χ4v) is 5.07. The molecule has 2 atom stereocenters. The highest BCUT2D eigenvalue weighted by Crippen LogP contribution is 2.41. The van der Waals surface area contributed by atoms with Gasteiger partial charge >= 0.3 is 12.2 Å². The maximum atomic E-state index is 14.7. The van der Waals surface area contributed by atoms with Crippen molar-refractivity contribution in [1.29, 1.82) is 0 Å². The molecule has 3 aromatic carbocycles. The van der Waals surface area contributed by atoms with Gasteiger partial charge in [0.1, 0.15) is 12.4 Å². The molecule has 3 aromatic rings. The Morgan fingerprint density at radius 3 is 2.27 bits per heavy atom. The summed E-state index contributed by atoms with van der Waals surface area (Å²) >= 11 is 0. The molecule has 0 spiro atoms. The highest BCUT2D eigenvalue weighted by Gasteiger charge is 2.35. The van der Waals surface area contributed by atoms with Gasteiger partial charge in [-0.15, -0.1) is 0 Å². The quantitative estimate of drug-likeness (QED) is 0.235. The lowest BCUT2D eigenvalue weighted by molar-refractivity contribution is -0.137. The maximum Gasteiger partial charge on any atom is 0.416 e. The van der Waals surface area contributed by atoms with Gasteiger partial charge in [-0.3, -0.25) is 0 Å². The lowest BCUT2D eigenvalue weighted by atomic mass is 9.81. The Morgan fingerprint density at radius 1 is 0.951 bits per heavy atom. The van der Waals surface area contributed by atoms with Crippen LogP contribution in [0.1, 0.15) is 73.7 Å². The number of alkyl halides is 3. The first-order valence-corrected chi connectivity index (χ1v) is 13.4. The smallest absolute Gasteiger partial charge is 0.416 e.